The number of rotatable bonds is 2. The molecule has 0 aliphatic carbocycles. The first-order valence-corrected chi connectivity index (χ1v) is 15.7. The van der Waals surface area contributed by atoms with Crippen molar-refractivity contribution in [1.29, 1.82) is 0 Å². The molecule has 9 heteroatoms. The van der Waals surface area contributed by atoms with E-state index >= 15 is 0 Å². The predicted octanol–water partition coefficient (Wildman–Crippen LogP) is 7.76. The minimum absolute atomic E-state index is 0.339. The van der Waals surface area contributed by atoms with Crippen LogP contribution >= 0.6 is 0 Å². The average Bonchev–Trinajstić information content (AvgIpc) is 3.62. The highest BCUT2D eigenvalue weighted by Gasteiger charge is 2.19. The Morgan fingerprint density at radius 2 is 1.09 bits per heavy atom. The zero-order valence-electron chi connectivity index (χ0n) is 29.0. The van der Waals surface area contributed by atoms with Gasteiger partial charge in [0.25, 0.3) is 0 Å². The molecular weight excluding hydrogens is 568 g/mol. The predicted molar refractivity (Wildman–Crippen MR) is 184 cm³/mol. The highest BCUT2D eigenvalue weighted by molar-refractivity contribution is 5.90. The SMILES string of the molecule is CC(C)(C)OC(=O)n1ccc2ccccc21.CC(C)(C)OC(=O)n1ccc2ccccc21.CCN(C)C.CCN1CCOCC1. The van der Waals surface area contributed by atoms with Gasteiger partial charge in [-0.25, -0.2) is 9.59 Å². The van der Waals surface area contributed by atoms with Crippen molar-refractivity contribution in [3.8, 4) is 0 Å². The fourth-order valence-corrected chi connectivity index (χ4v) is 4.02. The van der Waals surface area contributed by atoms with Gasteiger partial charge in [0.05, 0.1) is 24.2 Å². The Morgan fingerprint density at radius 3 is 1.40 bits per heavy atom. The molecule has 0 saturated carbocycles. The molecule has 0 unspecified atom stereocenters. The molecule has 3 heterocycles. The molecule has 0 N–H and O–H groups in total. The van der Waals surface area contributed by atoms with Crippen molar-refractivity contribution < 1.29 is 23.8 Å². The molecule has 45 heavy (non-hydrogen) atoms. The van der Waals surface area contributed by atoms with Gasteiger partial charge >= 0.3 is 12.2 Å². The van der Waals surface area contributed by atoms with Crippen LogP contribution < -0.4 is 0 Å². The number of nitrogens with zero attached hydrogens (tertiary/aromatic N) is 4. The maximum atomic E-state index is 11.9. The molecule has 1 aliphatic rings. The van der Waals surface area contributed by atoms with Gasteiger partial charge in [0.15, 0.2) is 0 Å². The van der Waals surface area contributed by atoms with Crippen LogP contribution in [0.15, 0.2) is 73.1 Å². The number of hydrogen-bond acceptors (Lipinski definition) is 7. The van der Waals surface area contributed by atoms with Gasteiger partial charge in [0.2, 0.25) is 0 Å². The zero-order valence-corrected chi connectivity index (χ0v) is 29.0. The van der Waals surface area contributed by atoms with Crippen LogP contribution in [0.3, 0.4) is 0 Å². The number of morpholine rings is 1. The standard InChI is InChI=1S/2C13H15NO2.C6H13NO.C4H11N/c2*1-13(2,3)16-12(15)14-9-8-10-6-4-5-7-11(10)14;1-2-7-3-5-8-6-4-7;1-4-5(2)3/h2*4-9H,1-3H3;2-6H2,1H3;4H2,1-3H3. The lowest BCUT2D eigenvalue weighted by atomic mass is 10.2. The van der Waals surface area contributed by atoms with Crippen molar-refractivity contribution in [3.63, 3.8) is 0 Å². The molecule has 1 fully saturated rings. The first-order chi connectivity index (χ1) is 21.1. The summed E-state index contributed by atoms with van der Waals surface area (Å²) in [5.41, 5.74) is 0.804. The topological polar surface area (TPSA) is 78.2 Å². The van der Waals surface area contributed by atoms with Crippen LogP contribution in [0.1, 0.15) is 55.4 Å². The first-order valence-electron chi connectivity index (χ1n) is 15.7. The van der Waals surface area contributed by atoms with Crippen LogP contribution in [0.25, 0.3) is 21.8 Å². The van der Waals surface area contributed by atoms with E-state index in [2.05, 4.69) is 37.7 Å². The van der Waals surface area contributed by atoms with E-state index in [1.807, 2.05) is 102 Å². The van der Waals surface area contributed by atoms with Gasteiger partial charge in [-0.15, -0.1) is 0 Å². The van der Waals surface area contributed by atoms with Gasteiger partial charge in [0, 0.05) is 36.3 Å². The molecule has 2 aromatic carbocycles. The lowest BCUT2D eigenvalue weighted by Crippen LogP contribution is -2.35. The van der Waals surface area contributed by atoms with Crippen LogP contribution in [0.2, 0.25) is 0 Å². The largest absolute Gasteiger partial charge is 0.443 e. The molecule has 9 nitrogen and oxygen atoms in total. The summed E-state index contributed by atoms with van der Waals surface area (Å²) in [6.07, 6.45) is 2.79. The number of carbonyl (C=O) groups excluding carboxylic acids is 2. The quantitative estimate of drug-likeness (QED) is 0.226. The summed E-state index contributed by atoms with van der Waals surface area (Å²) in [6.45, 7) is 21.9. The van der Waals surface area contributed by atoms with E-state index in [1.54, 1.807) is 12.4 Å². The molecule has 4 aromatic rings. The Hall–Kier alpha value is -3.66. The van der Waals surface area contributed by atoms with Crippen LogP contribution in [0.5, 0.6) is 0 Å². The van der Waals surface area contributed by atoms with Crippen molar-refractivity contribution in [2.24, 2.45) is 0 Å². The van der Waals surface area contributed by atoms with Crippen LogP contribution in [-0.4, -0.2) is 95.8 Å². The highest BCUT2D eigenvalue weighted by Crippen LogP contribution is 2.18. The number of fused-ring (bicyclic) bond motifs is 2. The second-order valence-electron chi connectivity index (χ2n) is 12.9. The number of hydrogen-bond donors (Lipinski definition) is 0. The van der Waals surface area contributed by atoms with Crippen molar-refractivity contribution >= 4 is 34.0 Å². The van der Waals surface area contributed by atoms with E-state index in [9.17, 15) is 9.59 Å². The molecular formula is C36H54N4O5. The fraction of sp³-hybridized carbons (Fsp3) is 0.500. The van der Waals surface area contributed by atoms with E-state index < -0.39 is 11.2 Å². The van der Waals surface area contributed by atoms with Gasteiger partial charge in [-0.2, -0.15) is 0 Å². The molecule has 0 radical (unpaired) electrons. The van der Waals surface area contributed by atoms with E-state index in [1.165, 1.54) is 15.7 Å². The molecule has 0 spiro atoms. The van der Waals surface area contributed by atoms with Crippen LogP contribution in [0.4, 0.5) is 9.59 Å². The third-order valence-corrected chi connectivity index (χ3v) is 6.56. The second-order valence-corrected chi connectivity index (χ2v) is 12.9. The minimum atomic E-state index is -0.470. The summed E-state index contributed by atoms with van der Waals surface area (Å²) in [5, 5.41) is 2.07. The number of para-hydroxylation sites is 2. The van der Waals surface area contributed by atoms with Crippen molar-refractivity contribution in [3.05, 3.63) is 73.1 Å². The molecule has 0 bridgehead atoms. The number of aromatic nitrogens is 2. The summed E-state index contributed by atoms with van der Waals surface area (Å²) in [6, 6.07) is 19.2. The summed E-state index contributed by atoms with van der Waals surface area (Å²) in [7, 11) is 4.11. The minimum Gasteiger partial charge on any atom is -0.443 e. The van der Waals surface area contributed by atoms with Gasteiger partial charge in [-0.05, 0) is 93.0 Å². The number of carbonyl (C=O) groups is 2. The zero-order chi connectivity index (χ0) is 33.6. The van der Waals surface area contributed by atoms with E-state index in [0.29, 0.717) is 0 Å². The van der Waals surface area contributed by atoms with Crippen molar-refractivity contribution in [2.45, 2.75) is 66.6 Å². The lowest BCUT2D eigenvalue weighted by Gasteiger charge is -2.24. The maximum absolute atomic E-state index is 11.9. The Kier molecular flexibility index (Phi) is 14.8. The highest BCUT2D eigenvalue weighted by atomic mass is 16.6. The van der Waals surface area contributed by atoms with Crippen LogP contribution in [-0.2, 0) is 14.2 Å². The van der Waals surface area contributed by atoms with E-state index in [-0.39, 0.29) is 12.2 Å². The van der Waals surface area contributed by atoms with Crippen molar-refractivity contribution in [2.75, 3.05) is 53.5 Å². The smallest absolute Gasteiger partial charge is 0.418 e. The average molecular weight is 623 g/mol. The molecule has 1 saturated heterocycles. The fourth-order valence-electron chi connectivity index (χ4n) is 4.02. The van der Waals surface area contributed by atoms with Gasteiger partial charge in [-0.1, -0.05) is 50.2 Å². The van der Waals surface area contributed by atoms with Gasteiger partial charge < -0.3 is 19.1 Å². The molecule has 2 aromatic heterocycles. The molecule has 5 rings (SSSR count). The number of benzene rings is 2. The third-order valence-electron chi connectivity index (χ3n) is 6.56. The molecule has 1 aliphatic heterocycles. The lowest BCUT2D eigenvalue weighted by molar-refractivity contribution is 0.0405. The van der Waals surface area contributed by atoms with Gasteiger partial charge in [0.1, 0.15) is 11.2 Å². The summed E-state index contributed by atoms with van der Waals surface area (Å²) >= 11 is 0. The summed E-state index contributed by atoms with van der Waals surface area (Å²) < 4.78 is 18.8. The monoisotopic (exact) mass is 622 g/mol. The Balaban J connectivity index is 0.000000228. The van der Waals surface area contributed by atoms with E-state index in [0.717, 1.165) is 54.7 Å². The molecule has 248 valence electrons. The summed E-state index contributed by atoms with van der Waals surface area (Å²) in [4.78, 5) is 28.3. The molecule has 0 amide bonds. The first kappa shape index (κ1) is 37.5. The number of ether oxygens (including phenoxy) is 3. The molecule has 0 atom stereocenters. The Bertz CT molecular complexity index is 1360. The maximum Gasteiger partial charge on any atom is 0.418 e. The Labute approximate surface area is 269 Å². The van der Waals surface area contributed by atoms with Gasteiger partial charge in [-0.3, -0.25) is 14.0 Å². The number of likely N-dealkylation sites (N-methyl/N-ethyl adjacent to an activating group) is 1. The summed E-state index contributed by atoms with van der Waals surface area (Å²) in [5.74, 6) is 0. The Morgan fingerprint density at radius 1 is 0.711 bits per heavy atom. The van der Waals surface area contributed by atoms with E-state index in [4.69, 9.17) is 14.2 Å². The van der Waals surface area contributed by atoms with Crippen molar-refractivity contribution in [1.82, 2.24) is 18.9 Å². The third kappa shape index (κ3) is 13.5. The van der Waals surface area contributed by atoms with Crippen LogP contribution in [0, 0.1) is 0 Å². The normalized spacial score (nSPS) is 13.6. The second kappa shape index (κ2) is 17.7.